The van der Waals surface area contributed by atoms with E-state index in [1.807, 2.05) is 17.9 Å². The van der Waals surface area contributed by atoms with Gasteiger partial charge in [-0.1, -0.05) is 5.16 Å². The molecule has 0 aromatic carbocycles. The van der Waals surface area contributed by atoms with Crippen LogP contribution in [-0.4, -0.2) is 50.4 Å². The van der Waals surface area contributed by atoms with Gasteiger partial charge in [-0.25, -0.2) is 4.99 Å². The van der Waals surface area contributed by atoms with Crippen LogP contribution in [0.4, 0.5) is 0 Å². The van der Waals surface area contributed by atoms with E-state index in [1.54, 1.807) is 6.92 Å². The molecule has 1 saturated heterocycles. The molecule has 1 unspecified atom stereocenters. The lowest BCUT2D eigenvalue weighted by atomic mass is 10.0. The highest BCUT2D eigenvalue weighted by Crippen LogP contribution is 2.20. The molecule has 3 heterocycles. The molecule has 0 amide bonds. The fraction of sp³-hybridized carbons (Fsp3) is 0.625. The van der Waals surface area contributed by atoms with E-state index in [0.29, 0.717) is 24.2 Å². The lowest BCUT2D eigenvalue weighted by Gasteiger charge is -2.21. The van der Waals surface area contributed by atoms with E-state index in [1.165, 1.54) is 12.0 Å². The molecule has 8 nitrogen and oxygen atoms in total. The quantitative estimate of drug-likeness (QED) is 0.417. The lowest BCUT2D eigenvalue weighted by molar-refractivity contribution is 0.387. The first-order chi connectivity index (χ1) is 11.6. The van der Waals surface area contributed by atoms with Crippen molar-refractivity contribution in [3.05, 3.63) is 29.7 Å². The number of guanidine groups is 1. The van der Waals surface area contributed by atoms with Crippen molar-refractivity contribution in [2.45, 2.75) is 33.2 Å². The Morgan fingerprint density at radius 3 is 2.96 bits per heavy atom. The molecule has 1 aliphatic heterocycles. The van der Waals surface area contributed by atoms with Gasteiger partial charge in [-0.2, -0.15) is 10.1 Å². The number of likely N-dealkylation sites (tertiary alicyclic amines) is 1. The first-order valence-corrected chi connectivity index (χ1v) is 8.44. The van der Waals surface area contributed by atoms with Crippen LogP contribution in [-0.2, 0) is 20.0 Å². The summed E-state index contributed by atoms with van der Waals surface area (Å²) in [7, 11) is 1.96. The Balaban J connectivity index is 0.00000225. The minimum Gasteiger partial charge on any atom is -0.357 e. The zero-order valence-corrected chi connectivity index (χ0v) is 17.3. The van der Waals surface area contributed by atoms with Gasteiger partial charge in [-0.3, -0.25) is 4.68 Å². The number of rotatable bonds is 5. The highest BCUT2D eigenvalue weighted by Gasteiger charge is 2.25. The maximum absolute atomic E-state index is 5.00. The van der Waals surface area contributed by atoms with Gasteiger partial charge in [0.25, 0.3) is 0 Å². The molecule has 2 aromatic heterocycles. The summed E-state index contributed by atoms with van der Waals surface area (Å²) >= 11 is 0. The zero-order chi connectivity index (χ0) is 16.9. The topological polar surface area (TPSA) is 84.4 Å². The summed E-state index contributed by atoms with van der Waals surface area (Å²) in [5, 5.41) is 11.5. The normalized spacial score (nSPS) is 17.6. The van der Waals surface area contributed by atoms with Crippen LogP contribution in [0.1, 0.15) is 30.6 Å². The van der Waals surface area contributed by atoms with E-state index < -0.39 is 0 Å². The number of aromatic nitrogens is 4. The summed E-state index contributed by atoms with van der Waals surface area (Å²) < 4.78 is 6.86. The summed E-state index contributed by atoms with van der Waals surface area (Å²) in [5.74, 6) is 2.75. The van der Waals surface area contributed by atoms with Gasteiger partial charge in [-0.15, -0.1) is 24.0 Å². The van der Waals surface area contributed by atoms with Crippen molar-refractivity contribution in [1.29, 1.82) is 0 Å². The third-order valence-corrected chi connectivity index (χ3v) is 4.14. The van der Waals surface area contributed by atoms with Crippen molar-refractivity contribution < 1.29 is 4.52 Å². The largest absolute Gasteiger partial charge is 0.357 e. The third kappa shape index (κ3) is 5.41. The zero-order valence-electron chi connectivity index (χ0n) is 15.0. The minimum absolute atomic E-state index is 0. The molecule has 3 rings (SSSR count). The molecule has 1 aliphatic rings. The Bertz CT molecular complexity index is 696. The van der Waals surface area contributed by atoms with Crippen molar-refractivity contribution in [3.8, 4) is 0 Å². The Hall–Kier alpha value is -1.65. The maximum Gasteiger partial charge on any atom is 0.223 e. The summed E-state index contributed by atoms with van der Waals surface area (Å²) in [6.45, 7) is 7.16. The van der Waals surface area contributed by atoms with Crippen LogP contribution in [0.25, 0.3) is 0 Å². The number of halogens is 1. The lowest BCUT2D eigenvalue weighted by Crippen LogP contribution is -2.40. The Morgan fingerprint density at radius 2 is 2.32 bits per heavy atom. The molecule has 25 heavy (non-hydrogen) atoms. The predicted octanol–water partition coefficient (Wildman–Crippen LogP) is 1.76. The number of hydrogen-bond acceptors (Lipinski definition) is 5. The molecular weight excluding hydrogens is 433 g/mol. The van der Waals surface area contributed by atoms with Gasteiger partial charge < -0.3 is 14.7 Å². The third-order valence-electron chi connectivity index (χ3n) is 4.14. The van der Waals surface area contributed by atoms with E-state index in [-0.39, 0.29) is 24.0 Å². The first-order valence-electron chi connectivity index (χ1n) is 8.44. The second kappa shape index (κ2) is 9.16. The minimum atomic E-state index is 0. The fourth-order valence-electron chi connectivity index (χ4n) is 3.08. The number of hydrogen-bond donors (Lipinski definition) is 1. The van der Waals surface area contributed by atoms with Gasteiger partial charge in [0.1, 0.15) is 6.54 Å². The standard InChI is InChI=1S/C16H25N7O.HI/c1-4-17-16(18-9-15-20-12(2)24-21-15)23-6-5-13(11-23)7-14-8-19-22(3)10-14;/h8,10,13H,4-7,9,11H2,1-3H3,(H,17,18);1H. The molecule has 1 atom stereocenters. The van der Waals surface area contributed by atoms with Crippen LogP contribution >= 0.6 is 24.0 Å². The van der Waals surface area contributed by atoms with Gasteiger partial charge in [0, 0.05) is 39.8 Å². The molecule has 2 aromatic rings. The fourth-order valence-corrected chi connectivity index (χ4v) is 3.08. The molecule has 0 radical (unpaired) electrons. The van der Waals surface area contributed by atoms with Crippen molar-refractivity contribution in [1.82, 2.24) is 30.1 Å². The molecule has 0 saturated carbocycles. The van der Waals surface area contributed by atoms with Crippen LogP contribution in [0.5, 0.6) is 0 Å². The number of aryl methyl sites for hydroxylation is 2. The van der Waals surface area contributed by atoms with E-state index in [2.05, 4.69) is 43.6 Å². The summed E-state index contributed by atoms with van der Waals surface area (Å²) in [4.78, 5) is 11.2. The second-order valence-corrected chi connectivity index (χ2v) is 6.23. The molecule has 0 spiro atoms. The van der Waals surface area contributed by atoms with E-state index in [4.69, 9.17) is 4.52 Å². The molecule has 0 aliphatic carbocycles. The van der Waals surface area contributed by atoms with Gasteiger partial charge in [0.2, 0.25) is 5.89 Å². The maximum atomic E-state index is 5.00. The van der Waals surface area contributed by atoms with Gasteiger partial charge >= 0.3 is 0 Å². The average Bonchev–Trinajstić information content (AvgIpc) is 3.27. The first kappa shape index (κ1) is 19.7. The van der Waals surface area contributed by atoms with Crippen molar-refractivity contribution in [2.24, 2.45) is 18.0 Å². The van der Waals surface area contributed by atoms with Crippen LogP contribution in [0.2, 0.25) is 0 Å². The Morgan fingerprint density at radius 1 is 1.48 bits per heavy atom. The highest BCUT2D eigenvalue weighted by atomic mass is 127. The van der Waals surface area contributed by atoms with Crippen LogP contribution in [0, 0.1) is 12.8 Å². The summed E-state index contributed by atoms with van der Waals surface area (Å²) in [6, 6.07) is 0. The van der Waals surface area contributed by atoms with Gasteiger partial charge in [-0.05, 0) is 31.2 Å². The van der Waals surface area contributed by atoms with Crippen molar-refractivity contribution in [2.75, 3.05) is 19.6 Å². The second-order valence-electron chi connectivity index (χ2n) is 6.23. The number of nitrogens with one attached hydrogen (secondary N) is 1. The number of aliphatic imine (C=N–C) groups is 1. The number of nitrogens with zero attached hydrogens (tertiary/aromatic N) is 6. The Labute approximate surface area is 165 Å². The van der Waals surface area contributed by atoms with E-state index >= 15 is 0 Å². The SMILES string of the molecule is CCNC(=NCc1noc(C)n1)N1CCC(Cc2cnn(C)c2)C1.I. The monoisotopic (exact) mass is 459 g/mol. The van der Waals surface area contributed by atoms with Gasteiger partial charge in [0.05, 0.1) is 6.20 Å². The molecular formula is C16H26IN7O. The van der Waals surface area contributed by atoms with Gasteiger partial charge in [0.15, 0.2) is 11.8 Å². The summed E-state index contributed by atoms with van der Waals surface area (Å²) in [6.07, 6.45) is 6.29. The van der Waals surface area contributed by atoms with E-state index in [0.717, 1.165) is 32.0 Å². The van der Waals surface area contributed by atoms with Crippen molar-refractivity contribution >= 4 is 29.9 Å². The molecule has 9 heteroatoms. The smallest absolute Gasteiger partial charge is 0.223 e. The van der Waals surface area contributed by atoms with Crippen molar-refractivity contribution in [3.63, 3.8) is 0 Å². The average molecular weight is 459 g/mol. The molecule has 1 fully saturated rings. The molecule has 1 N–H and O–H groups in total. The van der Waals surface area contributed by atoms with Crippen LogP contribution in [0.15, 0.2) is 21.9 Å². The summed E-state index contributed by atoms with van der Waals surface area (Å²) in [5.41, 5.74) is 1.30. The highest BCUT2D eigenvalue weighted by molar-refractivity contribution is 14.0. The van der Waals surface area contributed by atoms with E-state index in [9.17, 15) is 0 Å². The Kier molecular flexibility index (Phi) is 7.21. The van der Waals surface area contributed by atoms with Crippen LogP contribution < -0.4 is 5.32 Å². The molecule has 138 valence electrons. The predicted molar refractivity (Wildman–Crippen MR) is 106 cm³/mol. The molecule has 0 bridgehead atoms. The van der Waals surface area contributed by atoms with Crippen LogP contribution in [0.3, 0.4) is 0 Å².